The molecule has 1 fully saturated rings. The van der Waals surface area contributed by atoms with E-state index in [4.69, 9.17) is 5.11 Å². The summed E-state index contributed by atoms with van der Waals surface area (Å²) in [7, 11) is 0. The molecule has 21 heavy (non-hydrogen) atoms. The Hall–Kier alpha value is -1.20. The third-order valence-electron chi connectivity index (χ3n) is 3.77. The lowest BCUT2D eigenvalue weighted by atomic mass is 9.95. The molecule has 1 atom stereocenters. The molecule has 0 radical (unpaired) electrons. The Labute approximate surface area is 130 Å². The highest BCUT2D eigenvalue weighted by molar-refractivity contribution is 7.99. The minimum atomic E-state index is -0.0261. The number of amides is 2. The number of aliphatic hydroxyl groups excluding tert-OH is 1. The second-order valence-electron chi connectivity index (χ2n) is 5.33. The molecule has 1 aliphatic rings. The monoisotopic (exact) mass is 308 g/mol. The van der Waals surface area contributed by atoms with Crippen molar-refractivity contribution in [3.05, 3.63) is 24.3 Å². The van der Waals surface area contributed by atoms with E-state index in [1.165, 1.54) is 0 Å². The molecule has 1 aromatic rings. The topological polar surface area (TPSA) is 52.6 Å². The molecule has 0 aliphatic carbocycles. The van der Waals surface area contributed by atoms with E-state index in [0.717, 1.165) is 48.7 Å². The van der Waals surface area contributed by atoms with Crippen molar-refractivity contribution < 1.29 is 9.90 Å². The predicted octanol–water partition coefficient (Wildman–Crippen LogP) is 3.42. The number of aliphatic hydroxyl groups is 1. The summed E-state index contributed by atoms with van der Waals surface area (Å²) in [6, 6.07) is 7.90. The molecule has 2 rings (SSSR count). The minimum absolute atomic E-state index is 0.0261. The van der Waals surface area contributed by atoms with Gasteiger partial charge in [-0.3, -0.25) is 0 Å². The van der Waals surface area contributed by atoms with Crippen molar-refractivity contribution in [1.82, 2.24) is 4.90 Å². The van der Waals surface area contributed by atoms with Crippen LogP contribution in [-0.2, 0) is 0 Å². The highest BCUT2D eigenvalue weighted by Crippen LogP contribution is 2.27. The predicted molar refractivity (Wildman–Crippen MR) is 87.9 cm³/mol. The van der Waals surface area contributed by atoms with Crippen molar-refractivity contribution in [2.24, 2.45) is 5.92 Å². The molecule has 0 aromatic heterocycles. The van der Waals surface area contributed by atoms with Crippen molar-refractivity contribution >= 4 is 23.5 Å². The van der Waals surface area contributed by atoms with E-state index in [1.807, 2.05) is 29.2 Å². The number of thioether (sulfide) groups is 1. The van der Waals surface area contributed by atoms with Crippen LogP contribution in [0.4, 0.5) is 10.5 Å². The number of anilines is 1. The molecule has 1 unspecified atom stereocenters. The summed E-state index contributed by atoms with van der Waals surface area (Å²) in [5, 5.41) is 12.1. The number of nitrogens with one attached hydrogen (secondary N) is 1. The first-order valence-corrected chi connectivity index (χ1v) is 8.61. The molecule has 116 valence electrons. The highest BCUT2D eigenvalue weighted by atomic mass is 32.2. The van der Waals surface area contributed by atoms with Gasteiger partial charge in [0.2, 0.25) is 0 Å². The summed E-state index contributed by atoms with van der Waals surface area (Å²) in [6.45, 7) is 3.86. The number of carbonyl (C=O) groups excluding carboxylic acids is 1. The molecule has 5 heteroatoms. The summed E-state index contributed by atoms with van der Waals surface area (Å²) >= 11 is 1.73. The number of piperidine rings is 1. The van der Waals surface area contributed by atoms with Crippen LogP contribution in [0.2, 0.25) is 0 Å². The van der Waals surface area contributed by atoms with E-state index < -0.39 is 0 Å². The average Bonchev–Trinajstić information content (AvgIpc) is 2.50. The molecule has 1 saturated heterocycles. The van der Waals surface area contributed by atoms with Gasteiger partial charge in [-0.2, -0.15) is 0 Å². The van der Waals surface area contributed by atoms with Crippen LogP contribution >= 0.6 is 11.8 Å². The molecule has 2 amide bonds. The van der Waals surface area contributed by atoms with Gasteiger partial charge in [0.25, 0.3) is 0 Å². The SMILES string of the molecule is CCSc1ccccc1NC(=O)N1CCCC(CCO)C1. The van der Waals surface area contributed by atoms with Crippen molar-refractivity contribution in [3.8, 4) is 0 Å². The molecule has 1 aromatic carbocycles. The van der Waals surface area contributed by atoms with Crippen LogP contribution < -0.4 is 5.32 Å². The third kappa shape index (κ3) is 4.64. The van der Waals surface area contributed by atoms with E-state index in [9.17, 15) is 4.79 Å². The molecule has 0 spiro atoms. The summed E-state index contributed by atoms with van der Waals surface area (Å²) < 4.78 is 0. The first-order chi connectivity index (χ1) is 10.2. The average molecular weight is 308 g/mol. The molecular weight excluding hydrogens is 284 g/mol. The van der Waals surface area contributed by atoms with Gasteiger partial charge in [0.1, 0.15) is 0 Å². The van der Waals surface area contributed by atoms with E-state index in [0.29, 0.717) is 5.92 Å². The lowest BCUT2D eigenvalue weighted by molar-refractivity contribution is 0.159. The molecule has 4 nitrogen and oxygen atoms in total. The maximum Gasteiger partial charge on any atom is 0.321 e. The van der Waals surface area contributed by atoms with Gasteiger partial charge in [-0.25, -0.2) is 4.79 Å². The number of urea groups is 1. The van der Waals surface area contributed by atoms with Crippen LogP contribution in [-0.4, -0.2) is 41.5 Å². The Morgan fingerprint density at radius 3 is 3.05 bits per heavy atom. The van der Waals surface area contributed by atoms with Gasteiger partial charge in [0.15, 0.2) is 0 Å². The van der Waals surface area contributed by atoms with Crippen LogP contribution in [0.1, 0.15) is 26.2 Å². The first-order valence-electron chi connectivity index (χ1n) is 7.63. The number of carbonyl (C=O) groups is 1. The summed E-state index contributed by atoms with van der Waals surface area (Å²) in [6.07, 6.45) is 2.90. The van der Waals surface area contributed by atoms with Gasteiger partial charge < -0.3 is 15.3 Å². The smallest absolute Gasteiger partial charge is 0.321 e. The van der Waals surface area contributed by atoms with E-state index in [-0.39, 0.29) is 12.6 Å². The lowest BCUT2D eigenvalue weighted by Crippen LogP contribution is -2.42. The second kappa shape index (κ2) is 8.29. The van der Waals surface area contributed by atoms with Gasteiger partial charge in [0, 0.05) is 24.6 Å². The van der Waals surface area contributed by atoms with E-state index in [2.05, 4.69) is 12.2 Å². The highest BCUT2D eigenvalue weighted by Gasteiger charge is 2.23. The largest absolute Gasteiger partial charge is 0.396 e. The number of hydrogen-bond donors (Lipinski definition) is 2. The number of likely N-dealkylation sites (tertiary alicyclic amines) is 1. The number of hydrogen-bond acceptors (Lipinski definition) is 3. The Kier molecular flexibility index (Phi) is 6.39. The number of rotatable bonds is 5. The van der Waals surface area contributed by atoms with E-state index >= 15 is 0 Å². The Morgan fingerprint density at radius 2 is 2.29 bits per heavy atom. The zero-order valence-corrected chi connectivity index (χ0v) is 13.4. The summed E-state index contributed by atoms with van der Waals surface area (Å²) in [5.74, 6) is 1.41. The van der Waals surface area contributed by atoms with Gasteiger partial charge in [-0.15, -0.1) is 11.8 Å². The Balaban J connectivity index is 1.97. The normalized spacial score (nSPS) is 18.6. The first kappa shape index (κ1) is 16.2. The Bertz CT molecular complexity index is 465. The fourth-order valence-electron chi connectivity index (χ4n) is 2.71. The van der Waals surface area contributed by atoms with Crippen LogP contribution in [0.5, 0.6) is 0 Å². The van der Waals surface area contributed by atoms with Gasteiger partial charge >= 0.3 is 6.03 Å². The van der Waals surface area contributed by atoms with Crippen LogP contribution in [0.3, 0.4) is 0 Å². The zero-order valence-electron chi connectivity index (χ0n) is 12.5. The van der Waals surface area contributed by atoms with Crippen LogP contribution in [0.25, 0.3) is 0 Å². The minimum Gasteiger partial charge on any atom is -0.396 e. The summed E-state index contributed by atoms with van der Waals surface area (Å²) in [4.78, 5) is 15.4. The van der Waals surface area contributed by atoms with Gasteiger partial charge in [-0.1, -0.05) is 19.1 Å². The van der Waals surface area contributed by atoms with Crippen molar-refractivity contribution in [2.75, 3.05) is 30.8 Å². The number of benzene rings is 1. The van der Waals surface area contributed by atoms with Gasteiger partial charge in [0.05, 0.1) is 5.69 Å². The Morgan fingerprint density at radius 1 is 1.48 bits per heavy atom. The maximum absolute atomic E-state index is 12.4. The van der Waals surface area contributed by atoms with E-state index in [1.54, 1.807) is 11.8 Å². The summed E-state index contributed by atoms with van der Waals surface area (Å²) in [5.41, 5.74) is 0.888. The maximum atomic E-state index is 12.4. The number of para-hydroxylation sites is 1. The van der Waals surface area contributed by atoms with Crippen LogP contribution in [0.15, 0.2) is 29.2 Å². The molecule has 1 heterocycles. The van der Waals surface area contributed by atoms with Crippen LogP contribution in [0, 0.1) is 5.92 Å². The van der Waals surface area contributed by atoms with Crippen molar-refractivity contribution in [1.29, 1.82) is 0 Å². The molecule has 1 aliphatic heterocycles. The fourth-order valence-corrected chi connectivity index (χ4v) is 3.47. The molecular formula is C16H24N2O2S. The fraction of sp³-hybridized carbons (Fsp3) is 0.562. The second-order valence-corrected chi connectivity index (χ2v) is 6.63. The zero-order chi connectivity index (χ0) is 15.1. The number of nitrogens with zero attached hydrogens (tertiary/aromatic N) is 1. The molecule has 0 bridgehead atoms. The molecule has 0 saturated carbocycles. The third-order valence-corrected chi connectivity index (χ3v) is 4.73. The molecule has 2 N–H and O–H groups in total. The van der Waals surface area contributed by atoms with Gasteiger partial charge in [-0.05, 0) is 43.1 Å². The quantitative estimate of drug-likeness (QED) is 0.819. The van der Waals surface area contributed by atoms with Crippen molar-refractivity contribution in [3.63, 3.8) is 0 Å². The standard InChI is InChI=1S/C16H24N2O2S/c1-2-21-15-8-4-3-7-14(15)17-16(20)18-10-5-6-13(12-18)9-11-19/h3-4,7-8,13,19H,2,5-6,9-12H2,1H3,(H,17,20). The van der Waals surface area contributed by atoms with Crippen molar-refractivity contribution in [2.45, 2.75) is 31.1 Å². The lowest BCUT2D eigenvalue weighted by Gasteiger charge is -2.32.